The summed E-state index contributed by atoms with van der Waals surface area (Å²) in [5, 5.41) is 2.31. The molecule has 0 fully saturated rings. The summed E-state index contributed by atoms with van der Waals surface area (Å²) in [5.41, 5.74) is 1.05. The second kappa shape index (κ2) is 10.1. The van der Waals surface area contributed by atoms with Crippen LogP contribution in [0.15, 0.2) is 40.0 Å². The van der Waals surface area contributed by atoms with Gasteiger partial charge in [-0.25, -0.2) is 4.98 Å². The third kappa shape index (κ3) is 5.69. The van der Waals surface area contributed by atoms with Gasteiger partial charge < -0.3 is 9.47 Å². The summed E-state index contributed by atoms with van der Waals surface area (Å²) in [6.45, 7) is 7.84. The van der Waals surface area contributed by atoms with E-state index in [1.54, 1.807) is 17.8 Å². The maximum Gasteiger partial charge on any atom is 0.125 e. The lowest BCUT2D eigenvalue weighted by Crippen LogP contribution is -2.10. The maximum absolute atomic E-state index is 6.17. The van der Waals surface area contributed by atoms with E-state index < -0.39 is 0 Å². The van der Waals surface area contributed by atoms with Crippen LogP contribution < -0.4 is 0 Å². The third-order valence-electron chi connectivity index (χ3n) is 4.47. The van der Waals surface area contributed by atoms with Crippen LogP contribution in [-0.4, -0.2) is 22.8 Å². The summed E-state index contributed by atoms with van der Waals surface area (Å²) in [6, 6.07) is 5.57. The number of nitrogens with zero attached hydrogens (tertiary/aromatic N) is 2. The monoisotopic (exact) mass is 440 g/mol. The fourth-order valence-corrected chi connectivity index (χ4v) is 4.99. The number of imidazole rings is 1. The lowest BCUT2D eigenvalue weighted by molar-refractivity contribution is 0.0325. The molecule has 0 bridgehead atoms. The van der Waals surface area contributed by atoms with Gasteiger partial charge >= 0.3 is 0 Å². The Balaban J connectivity index is 1.69. The predicted molar refractivity (Wildman–Crippen MR) is 115 cm³/mol. The highest BCUT2D eigenvalue weighted by molar-refractivity contribution is 7.99. The molecule has 2 aromatic rings. The topological polar surface area (TPSA) is 36.3 Å². The van der Waals surface area contributed by atoms with Crippen LogP contribution in [-0.2, 0) is 16.2 Å². The minimum atomic E-state index is 0.301. The molecule has 152 valence electrons. The van der Waals surface area contributed by atoms with Gasteiger partial charge in [0.1, 0.15) is 24.2 Å². The molecule has 1 aliphatic carbocycles. The van der Waals surface area contributed by atoms with Crippen molar-refractivity contribution in [1.82, 2.24) is 9.55 Å². The summed E-state index contributed by atoms with van der Waals surface area (Å²) in [7, 11) is 0. The van der Waals surface area contributed by atoms with Crippen molar-refractivity contribution in [2.45, 2.75) is 62.6 Å². The number of halogens is 2. The van der Waals surface area contributed by atoms with Gasteiger partial charge in [-0.3, -0.25) is 4.57 Å². The molecule has 0 unspecified atom stereocenters. The van der Waals surface area contributed by atoms with Crippen LogP contribution in [0.5, 0.6) is 0 Å². The van der Waals surface area contributed by atoms with E-state index in [1.165, 1.54) is 6.42 Å². The predicted octanol–water partition coefficient (Wildman–Crippen LogP) is 6.83. The van der Waals surface area contributed by atoms with Crippen LogP contribution in [0.25, 0.3) is 0 Å². The number of hydrogen-bond acceptors (Lipinski definition) is 4. The third-order valence-corrected chi connectivity index (χ3v) is 6.00. The highest BCUT2D eigenvalue weighted by atomic mass is 35.5. The quantitative estimate of drug-likeness (QED) is 0.400. The molecule has 28 heavy (non-hydrogen) atoms. The van der Waals surface area contributed by atoms with Crippen LogP contribution in [0.3, 0.4) is 0 Å². The Morgan fingerprint density at radius 1 is 1.18 bits per heavy atom. The van der Waals surface area contributed by atoms with E-state index in [0.717, 1.165) is 40.0 Å². The van der Waals surface area contributed by atoms with Crippen molar-refractivity contribution < 1.29 is 9.47 Å². The van der Waals surface area contributed by atoms with E-state index in [9.17, 15) is 0 Å². The molecule has 3 rings (SSSR count). The smallest absolute Gasteiger partial charge is 0.125 e. The van der Waals surface area contributed by atoms with Gasteiger partial charge in [0, 0.05) is 21.4 Å². The van der Waals surface area contributed by atoms with Crippen molar-refractivity contribution in [3.05, 3.63) is 51.6 Å². The van der Waals surface area contributed by atoms with Crippen LogP contribution in [0.4, 0.5) is 0 Å². The number of benzene rings is 1. The Morgan fingerprint density at radius 3 is 2.57 bits per heavy atom. The van der Waals surface area contributed by atoms with E-state index >= 15 is 0 Å². The Morgan fingerprint density at radius 2 is 1.93 bits per heavy atom. The molecule has 0 spiro atoms. The van der Waals surface area contributed by atoms with Crippen molar-refractivity contribution in [3.63, 3.8) is 0 Å². The largest absolute Gasteiger partial charge is 0.496 e. The summed E-state index contributed by atoms with van der Waals surface area (Å²) < 4.78 is 13.7. The van der Waals surface area contributed by atoms with Crippen LogP contribution in [0.2, 0.25) is 10.0 Å². The lowest BCUT2D eigenvalue weighted by atomic mass is 10.2. The Hall–Kier alpha value is -1.14. The minimum Gasteiger partial charge on any atom is -0.496 e. The zero-order valence-electron chi connectivity index (χ0n) is 16.5. The standard InChI is InChI=1S/C21H26Cl2N2O2S/c1-14(2)20-21(28-19-11-16(22)10-17(23)12-19)25(15(3)24-20)13-26-8-9-27-18-6-4-5-7-18/h6,10-12,14H,4-5,7-9,13H2,1-3H3. The van der Waals surface area contributed by atoms with Crippen molar-refractivity contribution in [1.29, 1.82) is 0 Å². The molecule has 0 atom stereocenters. The second-order valence-electron chi connectivity index (χ2n) is 7.09. The van der Waals surface area contributed by atoms with E-state index in [0.29, 0.717) is 35.9 Å². The Bertz CT molecular complexity index is 829. The molecule has 0 radical (unpaired) electrons. The Kier molecular flexibility index (Phi) is 7.75. The first kappa shape index (κ1) is 21.6. The van der Waals surface area contributed by atoms with Gasteiger partial charge in [-0.2, -0.15) is 0 Å². The average Bonchev–Trinajstić information content (AvgIpc) is 3.23. The first-order valence-corrected chi connectivity index (χ1v) is 11.1. The van der Waals surface area contributed by atoms with Gasteiger partial charge in [0.2, 0.25) is 0 Å². The molecular formula is C21H26Cl2N2O2S. The number of rotatable bonds is 9. The van der Waals surface area contributed by atoms with Gasteiger partial charge in [-0.15, -0.1) is 0 Å². The van der Waals surface area contributed by atoms with Crippen LogP contribution >= 0.6 is 35.0 Å². The van der Waals surface area contributed by atoms with Crippen molar-refractivity contribution >= 4 is 35.0 Å². The number of aryl methyl sites for hydroxylation is 1. The number of allylic oxidation sites excluding steroid dienone is 2. The van der Waals surface area contributed by atoms with Gasteiger partial charge in [-0.05, 0) is 50.0 Å². The first-order chi connectivity index (χ1) is 13.4. The van der Waals surface area contributed by atoms with E-state index in [2.05, 4.69) is 24.5 Å². The van der Waals surface area contributed by atoms with Gasteiger partial charge in [0.15, 0.2) is 0 Å². The summed E-state index contributed by atoms with van der Waals surface area (Å²) >= 11 is 14.0. The summed E-state index contributed by atoms with van der Waals surface area (Å²) in [4.78, 5) is 5.75. The molecule has 4 nitrogen and oxygen atoms in total. The number of ether oxygens (including phenoxy) is 2. The SMILES string of the molecule is Cc1nc(C(C)C)c(Sc2cc(Cl)cc(Cl)c2)n1COCCOC1=CCCC1. The molecule has 1 aliphatic rings. The zero-order chi connectivity index (χ0) is 20.1. The molecule has 1 heterocycles. The zero-order valence-corrected chi connectivity index (χ0v) is 18.8. The molecule has 0 saturated heterocycles. The molecular weight excluding hydrogens is 415 g/mol. The van der Waals surface area contributed by atoms with Gasteiger partial charge in [0.25, 0.3) is 0 Å². The minimum absolute atomic E-state index is 0.301. The molecule has 1 aromatic heterocycles. The number of aromatic nitrogens is 2. The molecule has 1 aromatic carbocycles. The Labute approximate surface area is 181 Å². The number of hydrogen-bond donors (Lipinski definition) is 0. The van der Waals surface area contributed by atoms with Crippen LogP contribution in [0, 0.1) is 6.92 Å². The second-order valence-corrected chi connectivity index (χ2v) is 9.02. The molecule has 7 heteroatoms. The van der Waals surface area contributed by atoms with E-state index in [-0.39, 0.29) is 0 Å². The average molecular weight is 441 g/mol. The molecule has 0 aliphatic heterocycles. The van der Waals surface area contributed by atoms with Gasteiger partial charge in [-0.1, -0.05) is 48.8 Å². The van der Waals surface area contributed by atoms with Crippen molar-refractivity contribution in [2.24, 2.45) is 0 Å². The maximum atomic E-state index is 6.17. The molecule has 0 N–H and O–H groups in total. The highest BCUT2D eigenvalue weighted by Crippen LogP contribution is 2.37. The molecule has 0 amide bonds. The lowest BCUT2D eigenvalue weighted by Gasteiger charge is -2.14. The molecule has 0 saturated carbocycles. The van der Waals surface area contributed by atoms with Gasteiger partial charge in [0.05, 0.1) is 18.1 Å². The normalized spacial score (nSPS) is 14.0. The summed E-state index contributed by atoms with van der Waals surface area (Å²) in [5.74, 6) is 2.33. The fraction of sp³-hybridized carbons (Fsp3) is 0.476. The van der Waals surface area contributed by atoms with E-state index in [1.807, 2.05) is 19.1 Å². The van der Waals surface area contributed by atoms with E-state index in [4.69, 9.17) is 37.7 Å². The fourth-order valence-electron chi connectivity index (χ4n) is 3.06. The van der Waals surface area contributed by atoms with Crippen molar-refractivity contribution in [2.75, 3.05) is 13.2 Å². The highest BCUT2D eigenvalue weighted by Gasteiger charge is 2.19. The van der Waals surface area contributed by atoms with Crippen molar-refractivity contribution in [3.8, 4) is 0 Å². The van der Waals surface area contributed by atoms with Crippen LogP contribution in [0.1, 0.15) is 50.5 Å². The summed E-state index contributed by atoms with van der Waals surface area (Å²) in [6.07, 6.45) is 5.52. The first-order valence-electron chi connectivity index (χ1n) is 9.54.